The zero-order valence-electron chi connectivity index (χ0n) is 18.2. The molecule has 32 heavy (non-hydrogen) atoms. The summed E-state index contributed by atoms with van der Waals surface area (Å²) in [6.45, 7) is 6.86. The predicted octanol–water partition coefficient (Wildman–Crippen LogP) is 2.78. The molecular weight excluding hydrogens is 430 g/mol. The first kappa shape index (κ1) is 22.3. The van der Waals surface area contributed by atoms with Gasteiger partial charge >= 0.3 is 0 Å². The first-order valence-corrected chi connectivity index (χ1v) is 11.3. The number of carbonyl (C=O) groups is 1. The number of methoxy groups -OCH3 is 1. The fraction of sp³-hybridized carbons (Fsp3) is 0.409. The van der Waals surface area contributed by atoms with Crippen molar-refractivity contribution in [2.75, 3.05) is 45.2 Å². The number of piperazine rings is 1. The van der Waals surface area contributed by atoms with Gasteiger partial charge in [-0.2, -0.15) is 0 Å². The number of ether oxygens (including phenoxy) is 2. The van der Waals surface area contributed by atoms with Crippen LogP contribution >= 0.6 is 11.3 Å². The van der Waals surface area contributed by atoms with Gasteiger partial charge in [-0.05, 0) is 31.2 Å². The van der Waals surface area contributed by atoms with E-state index in [1.54, 1.807) is 31.4 Å². The molecule has 0 atom stereocenters. The van der Waals surface area contributed by atoms with Crippen LogP contribution in [0.2, 0.25) is 0 Å². The summed E-state index contributed by atoms with van der Waals surface area (Å²) in [6, 6.07) is 9.24. The third-order valence-electron chi connectivity index (χ3n) is 5.13. The molecule has 10 heteroatoms. The maximum Gasteiger partial charge on any atom is 0.239 e. The van der Waals surface area contributed by atoms with Crippen molar-refractivity contribution >= 4 is 23.1 Å². The maximum atomic E-state index is 12.2. The molecule has 0 radical (unpaired) electrons. The van der Waals surface area contributed by atoms with Crippen LogP contribution in [0, 0.1) is 6.92 Å². The van der Waals surface area contributed by atoms with Gasteiger partial charge in [0.1, 0.15) is 28.9 Å². The summed E-state index contributed by atoms with van der Waals surface area (Å²) in [7, 11) is 1.64. The lowest BCUT2D eigenvalue weighted by Gasteiger charge is -2.33. The number of nitrogens with zero attached hydrogens (tertiary/aromatic N) is 4. The average Bonchev–Trinajstić information content (AvgIpc) is 3.42. The molecule has 3 heterocycles. The Kier molecular flexibility index (Phi) is 7.35. The summed E-state index contributed by atoms with van der Waals surface area (Å²) in [5, 5.41) is 9.60. The second-order valence-electron chi connectivity index (χ2n) is 7.62. The SMILES string of the molecule is COc1ccc(OCc2nc(CN3CCN(CC(=O)Nc4cc(C)on4)CC3)cs2)cc1. The molecule has 0 aliphatic carbocycles. The number of nitrogens with one attached hydrogen (secondary N) is 1. The molecule has 1 fully saturated rings. The molecule has 0 spiro atoms. The van der Waals surface area contributed by atoms with Crippen LogP contribution in [0.25, 0.3) is 0 Å². The number of thiazole rings is 1. The number of carbonyl (C=O) groups excluding carboxylic acids is 1. The smallest absolute Gasteiger partial charge is 0.239 e. The predicted molar refractivity (Wildman–Crippen MR) is 121 cm³/mol. The maximum absolute atomic E-state index is 12.2. The number of hydrogen-bond donors (Lipinski definition) is 1. The molecule has 170 valence electrons. The minimum absolute atomic E-state index is 0.0762. The van der Waals surface area contributed by atoms with Gasteiger partial charge in [-0.15, -0.1) is 11.3 Å². The lowest BCUT2D eigenvalue weighted by atomic mass is 10.3. The molecule has 3 aromatic rings. The molecule has 1 amide bonds. The van der Waals surface area contributed by atoms with E-state index in [-0.39, 0.29) is 5.91 Å². The standard InChI is InChI=1S/C22H27N5O4S/c1-16-11-20(25-31-16)24-21(28)13-27-9-7-26(8-10-27)12-17-15-32-22(23-17)14-30-19-5-3-18(29-2)4-6-19/h3-6,11,15H,7-10,12-14H2,1-2H3,(H,24,25,28). The monoisotopic (exact) mass is 457 g/mol. The highest BCUT2D eigenvalue weighted by Gasteiger charge is 2.20. The van der Waals surface area contributed by atoms with E-state index >= 15 is 0 Å². The Labute approximate surface area is 190 Å². The summed E-state index contributed by atoms with van der Waals surface area (Å²) in [5.41, 5.74) is 1.05. The van der Waals surface area contributed by atoms with Crippen molar-refractivity contribution < 1.29 is 18.8 Å². The largest absolute Gasteiger partial charge is 0.497 e. The van der Waals surface area contributed by atoms with Crippen molar-refractivity contribution in [2.24, 2.45) is 0 Å². The number of aryl methyl sites for hydroxylation is 1. The minimum Gasteiger partial charge on any atom is -0.497 e. The van der Waals surface area contributed by atoms with E-state index in [1.807, 2.05) is 24.3 Å². The summed E-state index contributed by atoms with van der Waals surface area (Å²) < 4.78 is 15.9. The molecule has 0 unspecified atom stereocenters. The zero-order chi connectivity index (χ0) is 22.3. The highest BCUT2D eigenvalue weighted by Crippen LogP contribution is 2.20. The number of amides is 1. The number of hydrogen-bond acceptors (Lipinski definition) is 9. The quantitative estimate of drug-likeness (QED) is 0.524. The van der Waals surface area contributed by atoms with Crippen molar-refractivity contribution in [3.8, 4) is 11.5 Å². The normalized spacial score (nSPS) is 14.9. The summed E-state index contributed by atoms with van der Waals surface area (Å²) in [6.07, 6.45) is 0. The van der Waals surface area contributed by atoms with E-state index in [0.717, 1.165) is 54.9 Å². The van der Waals surface area contributed by atoms with E-state index < -0.39 is 0 Å². The van der Waals surface area contributed by atoms with Crippen LogP contribution in [0.5, 0.6) is 11.5 Å². The van der Waals surface area contributed by atoms with Crippen LogP contribution in [0.15, 0.2) is 40.2 Å². The number of benzene rings is 1. The molecule has 1 N–H and O–H groups in total. The van der Waals surface area contributed by atoms with Gasteiger partial charge in [-0.3, -0.25) is 14.6 Å². The van der Waals surface area contributed by atoms with Gasteiger partial charge in [-0.1, -0.05) is 5.16 Å². The van der Waals surface area contributed by atoms with Crippen LogP contribution in [-0.2, 0) is 17.9 Å². The van der Waals surface area contributed by atoms with Crippen LogP contribution in [0.4, 0.5) is 5.82 Å². The van der Waals surface area contributed by atoms with Gasteiger partial charge in [-0.25, -0.2) is 4.98 Å². The van der Waals surface area contributed by atoms with Crippen molar-refractivity contribution in [1.82, 2.24) is 19.9 Å². The van der Waals surface area contributed by atoms with Gasteiger partial charge in [0.25, 0.3) is 0 Å². The highest BCUT2D eigenvalue weighted by atomic mass is 32.1. The van der Waals surface area contributed by atoms with E-state index in [2.05, 4.69) is 25.7 Å². The average molecular weight is 458 g/mol. The first-order valence-electron chi connectivity index (χ1n) is 10.5. The highest BCUT2D eigenvalue weighted by molar-refractivity contribution is 7.09. The number of anilines is 1. The third kappa shape index (κ3) is 6.28. The molecule has 4 rings (SSSR count). The molecule has 1 aromatic carbocycles. The second-order valence-corrected chi connectivity index (χ2v) is 8.56. The Morgan fingerprint density at radius 1 is 1.16 bits per heavy atom. The van der Waals surface area contributed by atoms with Gasteiger partial charge in [0.15, 0.2) is 5.82 Å². The minimum atomic E-state index is -0.0762. The molecule has 2 aromatic heterocycles. The molecule has 1 aliphatic rings. The van der Waals surface area contributed by atoms with Gasteiger partial charge in [0.05, 0.1) is 19.3 Å². The van der Waals surface area contributed by atoms with Crippen LogP contribution in [0.1, 0.15) is 16.5 Å². The van der Waals surface area contributed by atoms with E-state index in [4.69, 9.17) is 19.0 Å². The molecule has 9 nitrogen and oxygen atoms in total. The molecule has 1 aliphatic heterocycles. The van der Waals surface area contributed by atoms with Gasteiger partial charge < -0.3 is 19.3 Å². The second kappa shape index (κ2) is 10.6. The molecule has 0 saturated carbocycles. The fourth-order valence-corrected chi connectivity index (χ4v) is 4.15. The third-order valence-corrected chi connectivity index (χ3v) is 6.01. The molecule has 0 bridgehead atoms. The van der Waals surface area contributed by atoms with Crippen LogP contribution in [-0.4, -0.2) is 65.7 Å². The number of aromatic nitrogens is 2. The van der Waals surface area contributed by atoms with Crippen LogP contribution in [0.3, 0.4) is 0 Å². The lowest BCUT2D eigenvalue weighted by Crippen LogP contribution is -2.48. The van der Waals surface area contributed by atoms with Gasteiger partial charge in [0.2, 0.25) is 5.91 Å². The summed E-state index contributed by atoms with van der Waals surface area (Å²) in [4.78, 5) is 21.4. The zero-order valence-corrected chi connectivity index (χ0v) is 19.1. The summed E-state index contributed by atoms with van der Waals surface area (Å²) >= 11 is 1.61. The van der Waals surface area contributed by atoms with Gasteiger partial charge in [0, 0.05) is 44.2 Å². The van der Waals surface area contributed by atoms with E-state index in [9.17, 15) is 4.79 Å². The van der Waals surface area contributed by atoms with Crippen molar-refractivity contribution in [1.29, 1.82) is 0 Å². The van der Waals surface area contributed by atoms with Crippen LogP contribution < -0.4 is 14.8 Å². The van der Waals surface area contributed by atoms with E-state index in [1.165, 1.54) is 0 Å². The topological polar surface area (TPSA) is 93.0 Å². The van der Waals surface area contributed by atoms with Crippen molar-refractivity contribution in [3.63, 3.8) is 0 Å². The fourth-order valence-electron chi connectivity index (χ4n) is 3.45. The van der Waals surface area contributed by atoms with Crippen molar-refractivity contribution in [3.05, 3.63) is 52.2 Å². The Morgan fingerprint density at radius 3 is 2.56 bits per heavy atom. The molecular formula is C22H27N5O4S. The Morgan fingerprint density at radius 2 is 1.88 bits per heavy atom. The Balaban J connectivity index is 1.17. The van der Waals surface area contributed by atoms with Crippen molar-refractivity contribution in [2.45, 2.75) is 20.1 Å². The Hall–Kier alpha value is -2.95. The number of rotatable bonds is 9. The molecule has 1 saturated heterocycles. The lowest BCUT2D eigenvalue weighted by molar-refractivity contribution is -0.117. The Bertz CT molecular complexity index is 1010. The first-order chi connectivity index (χ1) is 15.6. The van der Waals surface area contributed by atoms with E-state index in [0.29, 0.717) is 24.7 Å². The summed E-state index contributed by atoms with van der Waals surface area (Å²) in [5.74, 6) is 2.65.